The van der Waals surface area contributed by atoms with Gasteiger partial charge >= 0.3 is 0 Å². The number of benzene rings is 1. The highest BCUT2D eigenvalue weighted by Crippen LogP contribution is 2.21. The molecule has 3 rings (SSSR count). The highest BCUT2D eigenvalue weighted by Gasteiger charge is 2.15. The van der Waals surface area contributed by atoms with Crippen LogP contribution in [-0.2, 0) is 6.54 Å². The van der Waals surface area contributed by atoms with E-state index < -0.39 is 0 Å². The van der Waals surface area contributed by atoms with E-state index in [9.17, 15) is 0 Å². The van der Waals surface area contributed by atoms with E-state index in [-0.39, 0.29) is 0 Å². The van der Waals surface area contributed by atoms with Crippen molar-refractivity contribution >= 4 is 17.5 Å². The second kappa shape index (κ2) is 6.31. The van der Waals surface area contributed by atoms with E-state index in [1.165, 1.54) is 37.7 Å². The molecule has 4 heteroatoms. The van der Waals surface area contributed by atoms with Gasteiger partial charge in [0.05, 0.1) is 6.54 Å². The van der Waals surface area contributed by atoms with Crippen LogP contribution in [0.5, 0.6) is 0 Å². The Morgan fingerprint density at radius 1 is 1.15 bits per heavy atom. The molecule has 1 N–H and O–H groups in total. The van der Waals surface area contributed by atoms with E-state index in [2.05, 4.69) is 27.0 Å². The summed E-state index contributed by atoms with van der Waals surface area (Å²) in [6, 6.07) is 8.57. The van der Waals surface area contributed by atoms with Gasteiger partial charge in [-0.2, -0.15) is 0 Å². The van der Waals surface area contributed by atoms with Crippen LogP contribution in [0.4, 0.5) is 5.95 Å². The average Bonchev–Trinajstić information content (AvgIpc) is 2.90. The van der Waals surface area contributed by atoms with Crippen molar-refractivity contribution in [2.45, 2.75) is 44.7 Å². The lowest BCUT2D eigenvalue weighted by molar-refractivity contribution is 0.459. The molecule has 1 heterocycles. The van der Waals surface area contributed by atoms with Crippen LogP contribution >= 0.6 is 11.6 Å². The Balaban J connectivity index is 1.68. The topological polar surface area (TPSA) is 29.9 Å². The van der Waals surface area contributed by atoms with Crippen LogP contribution in [0.15, 0.2) is 36.7 Å². The molecule has 0 aliphatic heterocycles. The number of imidazole rings is 1. The third kappa shape index (κ3) is 3.34. The van der Waals surface area contributed by atoms with Crippen molar-refractivity contribution in [1.82, 2.24) is 9.55 Å². The molecule has 1 aliphatic rings. The van der Waals surface area contributed by atoms with Crippen LogP contribution in [-0.4, -0.2) is 15.6 Å². The van der Waals surface area contributed by atoms with Crippen molar-refractivity contribution in [2.24, 2.45) is 0 Å². The molecule has 1 saturated carbocycles. The number of nitrogens with zero attached hydrogens (tertiary/aromatic N) is 2. The maximum absolute atomic E-state index is 5.92. The smallest absolute Gasteiger partial charge is 0.203 e. The zero-order valence-electron chi connectivity index (χ0n) is 11.6. The van der Waals surface area contributed by atoms with Gasteiger partial charge in [-0.3, -0.25) is 0 Å². The molecule has 0 spiro atoms. The molecule has 0 atom stereocenters. The minimum absolute atomic E-state index is 0.579. The van der Waals surface area contributed by atoms with E-state index in [0.29, 0.717) is 6.04 Å². The lowest BCUT2D eigenvalue weighted by atomic mass is 9.96. The molecule has 106 valence electrons. The molecule has 1 fully saturated rings. The minimum atomic E-state index is 0.579. The van der Waals surface area contributed by atoms with E-state index in [4.69, 9.17) is 11.6 Å². The van der Waals surface area contributed by atoms with Gasteiger partial charge in [0, 0.05) is 23.5 Å². The number of anilines is 1. The number of rotatable bonds is 4. The summed E-state index contributed by atoms with van der Waals surface area (Å²) in [5, 5.41) is 4.36. The molecular formula is C16H20ClN3. The van der Waals surface area contributed by atoms with Crippen molar-refractivity contribution in [3.8, 4) is 0 Å². The number of halogens is 1. The van der Waals surface area contributed by atoms with Gasteiger partial charge in [0.15, 0.2) is 0 Å². The van der Waals surface area contributed by atoms with Gasteiger partial charge in [-0.05, 0) is 30.5 Å². The summed E-state index contributed by atoms with van der Waals surface area (Å²) < 4.78 is 2.16. The zero-order chi connectivity index (χ0) is 13.8. The summed E-state index contributed by atoms with van der Waals surface area (Å²) in [7, 11) is 0. The van der Waals surface area contributed by atoms with Gasteiger partial charge in [0.1, 0.15) is 0 Å². The highest BCUT2D eigenvalue weighted by atomic mass is 35.5. The third-order valence-corrected chi connectivity index (χ3v) is 4.17. The Bertz CT molecular complexity index is 541. The zero-order valence-corrected chi connectivity index (χ0v) is 12.3. The predicted molar refractivity (Wildman–Crippen MR) is 83.3 cm³/mol. The number of aromatic nitrogens is 2. The maximum Gasteiger partial charge on any atom is 0.203 e. The standard InChI is InChI=1S/C16H20ClN3/c17-14-8-6-13(7-9-14)12-20-11-10-18-16(20)19-15-4-2-1-3-5-15/h6-11,15H,1-5,12H2,(H,18,19). The van der Waals surface area contributed by atoms with Crippen LogP contribution < -0.4 is 5.32 Å². The Morgan fingerprint density at radius 2 is 1.90 bits per heavy atom. The summed E-state index contributed by atoms with van der Waals surface area (Å²) in [5.74, 6) is 0.979. The van der Waals surface area contributed by atoms with Gasteiger partial charge in [-0.25, -0.2) is 4.98 Å². The normalized spacial score (nSPS) is 16.2. The quantitative estimate of drug-likeness (QED) is 0.908. The van der Waals surface area contributed by atoms with Crippen molar-refractivity contribution < 1.29 is 0 Å². The molecule has 1 aliphatic carbocycles. The second-order valence-electron chi connectivity index (χ2n) is 5.48. The van der Waals surface area contributed by atoms with Gasteiger partial charge in [-0.1, -0.05) is 43.0 Å². The first-order chi connectivity index (χ1) is 9.81. The average molecular weight is 290 g/mol. The lowest BCUT2D eigenvalue weighted by Crippen LogP contribution is -2.24. The molecule has 0 bridgehead atoms. The molecule has 1 aromatic carbocycles. The Morgan fingerprint density at radius 3 is 2.65 bits per heavy atom. The first kappa shape index (κ1) is 13.5. The van der Waals surface area contributed by atoms with E-state index >= 15 is 0 Å². The lowest BCUT2D eigenvalue weighted by Gasteiger charge is -2.23. The predicted octanol–water partition coefficient (Wildman–Crippen LogP) is 4.33. The minimum Gasteiger partial charge on any atom is -0.353 e. The molecule has 0 saturated heterocycles. The van der Waals surface area contributed by atoms with Crippen LogP contribution in [0.25, 0.3) is 0 Å². The summed E-state index contributed by atoms with van der Waals surface area (Å²) in [5.41, 5.74) is 1.24. The van der Waals surface area contributed by atoms with Crippen LogP contribution in [0, 0.1) is 0 Å². The molecule has 0 unspecified atom stereocenters. The fourth-order valence-electron chi connectivity index (χ4n) is 2.79. The Labute approximate surface area is 125 Å². The fourth-order valence-corrected chi connectivity index (χ4v) is 2.92. The summed E-state index contributed by atoms with van der Waals surface area (Å²) in [6.45, 7) is 0.826. The van der Waals surface area contributed by atoms with Crippen molar-refractivity contribution in [2.75, 3.05) is 5.32 Å². The Kier molecular flexibility index (Phi) is 4.26. The van der Waals surface area contributed by atoms with Crippen molar-refractivity contribution in [3.05, 3.63) is 47.2 Å². The number of hydrogen-bond acceptors (Lipinski definition) is 2. The molecule has 0 amide bonds. The SMILES string of the molecule is Clc1ccc(Cn2ccnc2NC2CCCCC2)cc1. The van der Waals surface area contributed by atoms with Crippen LogP contribution in [0.2, 0.25) is 5.02 Å². The fraction of sp³-hybridized carbons (Fsp3) is 0.438. The summed E-state index contributed by atoms with van der Waals surface area (Å²) in [6.07, 6.45) is 10.4. The number of nitrogens with one attached hydrogen (secondary N) is 1. The monoisotopic (exact) mass is 289 g/mol. The van der Waals surface area contributed by atoms with E-state index in [0.717, 1.165) is 17.5 Å². The van der Waals surface area contributed by atoms with Gasteiger partial charge in [0.25, 0.3) is 0 Å². The molecule has 20 heavy (non-hydrogen) atoms. The first-order valence-electron chi connectivity index (χ1n) is 7.33. The third-order valence-electron chi connectivity index (χ3n) is 3.92. The summed E-state index contributed by atoms with van der Waals surface area (Å²) in [4.78, 5) is 4.45. The first-order valence-corrected chi connectivity index (χ1v) is 7.71. The van der Waals surface area contributed by atoms with Crippen molar-refractivity contribution in [1.29, 1.82) is 0 Å². The second-order valence-corrected chi connectivity index (χ2v) is 5.92. The Hall–Kier alpha value is -1.48. The maximum atomic E-state index is 5.92. The van der Waals surface area contributed by atoms with E-state index in [1.54, 1.807) is 0 Å². The summed E-state index contributed by atoms with van der Waals surface area (Å²) >= 11 is 5.92. The molecule has 2 aromatic rings. The van der Waals surface area contributed by atoms with Gasteiger partial charge < -0.3 is 9.88 Å². The highest BCUT2D eigenvalue weighted by molar-refractivity contribution is 6.30. The molecule has 1 aromatic heterocycles. The molecule has 3 nitrogen and oxygen atoms in total. The van der Waals surface area contributed by atoms with Crippen molar-refractivity contribution in [3.63, 3.8) is 0 Å². The molecule has 0 radical (unpaired) electrons. The number of hydrogen-bond donors (Lipinski definition) is 1. The van der Waals surface area contributed by atoms with Gasteiger partial charge in [0.2, 0.25) is 5.95 Å². The van der Waals surface area contributed by atoms with Gasteiger partial charge in [-0.15, -0.1) is 0 Å². The largest absolute Gasteiger partial charge is 0.353 e. The van der Waals surface area contributed by atoms with E-state index in [1.807, 2.05) is 24.5 Å². The molecular weight excluding hydrogens is 270 g/mol. The van der Waals surface area contributed by atoms with Crippen LogP contribution in [0.3, 0.4) is 0 Å². The van der Waals surface area contributed by atoms with Crippen LogP contribution in [0.1, 0.15) is 37.7 Å².